The van der Waals surface area contributed by atoms with Crippen molar-refractivity contribution >= 4 is 35.0 Å². The molecule has 1 unspecified atom stereocenters. The summed E-state index contributed by atoms with van der Waals surface area (Å²) in [6.45, 7) is 4.41. The number of rotatable bonds is 8. The molecule has 27 heavy (non-hydrogen) atoms. The molecule has 0 spiro atoms. The molecule has 1 saturated carbocycles. The first-order chi connectivity index (χ1) is 13.0. The molecule has 2 aromatic carbocycles. The average Bonchev–Trinajstić information content (AvgIpc) is 3.49. The van der Waals surface area contributed by atoms with E-state index in [0.29, 0.717) is 6.61 Å². The van der Waals surface area contributed by atoms with Crippen LogP contribution < -0.4 is 15.4 Å². The summed E-state index contributed by atoms with van der Waals surface area (Å²) in [6, 6.07) is 14.9. The van der Waals surface area contributed by atoms with E-state index in [2.05, 4.69) is 10.6 Å². The maximum Gasteiger partial charge on any atom is 0.237 e. The number of carbonyl (C=O) groups is 2. The number of ether oxygens (including phenoxy) is 1. The second kappa shape index (κ2) is 8.95. The normalized spacial score (nSPS) is 14.3. The standard InChI is InChI=1S/C21H24N2O3S/c1-3-26-18-11-9-16(10-12-18)22-20(24)14(2)27-19-6-4-5-17(13-19)23-21(25)15-7-8-15/h4-6,9-15H,3,7-8H2,1-2H3,(H,22,24)(H,23,25). The monoisotopic (exact) mass is 384 g/mol. The van der Waals surface area contributed by atoms with E-state index >= 15 is 0 Å². The minimum absolute atomic E-state index is 0.0726. The van der Waals surface area contributed by atoms with Crippen LogP contribution in [-0.4, -0.2) is 23.7 Å². The van der Waals surface area contributed by atoms with Crippen molar-refractivity contribution in [2.45, 2.75) is 36.8 Å². The van der Waals surface area contributed by atoms with Gasteiger partial charge in [-0.15, -0.1) is 11.8 Å². The highest BCUT2D eigenvalue weighted by molar-refractivity contribution is 8.00. The predicted molar refractivity (Wildman–Crippen MR) is 109 cm³/mol. The quantitative estimate of drug-likeness (QED) is 0.655. The Morgan fingerprint density at radius 2 is 1.85 bits per heavy atom. The molecule has 142 valence electrons. The molecule has 5 nitrogen and oxygen atoms in total. The molecule has 1 atom stereocenters. The summed E-state index contributed by atoms with van der Waals surface area (Å²) < 4.78 is 5.40. The number of carbonyl (C=O) groups excluding carboxylic acids is 2. The van der Waals surface area contributed by atoms with Crippen LogP contribution in [0.1, 0.15) is 26.7 Å². The van der Waals surface area contributed by atoms with E-state index in [1.54, 1.807) is 0 Å². The van der Waals surface area contributed by atoms with Crippen molar-refractivity contribution in [3.63, 3.8) is 0 Å². The molecule has 2 N–H and O–H groups in total. The molecule has 1 fully saturated rings. The van der Waals surface area contributed by atoms with E-state index in [4.69, 9.17) is 4.74 Å². The summed E-state index contributed by atoms with van der Waals surface area (Å²) in [7, 11) is 0. The first-order valence-corrected chi connectivity index (χ1v) is 10.0. The van der Waals surface area contributed by atoms with Crippen LogP contribution >= 0.6 is 11.8 Å². The van der Waals surface area contributed by atoms with Gasteiger partial charge in [-0.3, -0.25) is 9.59 Å². The molecule has 1 aliphatic rings. The van der Waals surface area contributed by atoms with Crippen LogP contribution in [0.3, 0.4) is 0 Å². The highest BCUT2D eigenvalue weighted by Gasteiger charge is 2.29. The minimum Gasteiger partial charge on any atom is -0.494 e. The summed E-state index contributed by atoms with van der Waals surface area (Å²) in [6.07, 6.45) is 1.95. The molecule has 0 radical (unpaired) electrons. The van der Waals surface area contributed by atoms with E-state index in [1.807, 2.05) is 62.4 Å². The Morgan fingerprint density at radius 3 is 2.52 bits per heavy atom. The van der Waals surface area contributed by atoms with Gasteiger partial charge < -0.3 is 15.4 Å². The van der Waals surface area contributed by atoms with Gasteiger partial charge in [0.05, 0.1) is 11.9 Å². The third-order valence-electron chi connectivity index (χ3n) is 4.16. The van der Waals surface area contributed by atoms with Gasteiger partial charge >= 0.3 is 0 Å². The van der Waals surface area contributed by atoms with Crippen molar-refractivity contribution in [3.05, 3.63) is 48.5 Å². The number of hydrogen-bond donors (Lipinski definition) is 2. The van der Waals surface area contributed by atoms with Crippen molar-refractivity contribution in [1.29, 1.82) is 0 Å². The van der Waals surface area contributed by atoms with Gasteiger partial charge in [0.1, 0.15) is 5.75 Å². The Balaban J connectivity index is 1.55. The lowest BCUT2D eigenvalue weighted by molar-refractivity contribution is -0.117. The lowest BCUT2D eigenvalue weighted by Gasteiger charge is -2.13. The van der Waals surface area contributed by atoms with Crippen LogP contribution in [0.4, 0.5) is 11.4 Å². The molecule has 2 amide bonds. The second-order valence-electron chi connectivity index (χ2n) is 6.50. The first-order valence-electron chi connectivity index (χ1n) is 9.16. The lowest BCUT2D eigenvalue weighted by Crippen LogP contribution is -2.22. The molecule has 3 rings (SSSR count). The van der Waals surface area contributed by atoms with Gasteiger partial charge in [0.2, 0.25) is 11.8 Å². The van der Waals surface area contributed by atoms with Gasteiger partial charge in [-0.2, -0.15) is 0 Å². The summed E-state index contributed by atoms with van der Waals surface area (Å²) in [4.78, 5) is 25.3. The fourth-order valence-corrected chi connectivity index (χ4v) is 3.47. The molecule has 2 aromatic rings. The van der Waals surface area contributed by atoms with Crippen molar-refractivity contribution in [2.24, 2.45) is 5.92 Å². The zero-order valence-corrected chi connectivity index (χ0v) is 16.3. The van der Waals surface area contributed by atoms with Gasteiger partial charge in [-0.05, 0) is 69.2 Å². The number of anilines is 2. The number of amides is 2. The number of benzene rings is 2. The Bertz CT molecular complexity index is 803. The van der Waals surface area contributed by atoms with Crippen molar-refractivity contribution in [1.82, 2.24) is 0 Å². The lowest BCUT2D eigenvalue weighted by atomic mass is 10.3. The van der Waals surface area contributed by atoms with Crippen molar-refractivity contribution in [3.8, 4) is 5.75 Å². The van der Waals surface area contributed by atoms with E-state index < -0.39 is 0 Å². The number of thioether (sulfide) groups is 1. The Labute approximate surface area is 163 Å². The molecule has 0 bridgehead atoms. The summed E-state index contributed by atoms with van der Waals surface area (Å²) in [5.41, 5.74) is 1.51. The predicted octanol–water partition coefficient (Wildman–Crippen LogP) is 4.55. The van der Waals surface area contributed by atoms with E-state index in [9.17, 15) is 9.59 Å². The summed E-state index contributed by atoms with van der Waals surface area (Å²) in [5, 5.41) is 5.58. The Morgan fingerprint density at radius 1 is 1.11 bits per heavy atom. The smallest absolute Gasteiger partial charge is 0.237 e. The van der Waals surface area contributed by atoms with Gasteiger partial charge in [0.25, 0.3) is 0 Å². The van der Waals surface area contributed by atoms with Gasteiger partial charge in [-0.25, -0.2) is 0 Å². The molecule has 0 aliphatic heterocycles. The third kappa shape index (κ3) is 5.76. The zero-order valence-electron chi connectivity index (χ0n) is 15.5. The number of hydrogen-bond acceptors (Lipinski definition) is 4. The molecule has 0 heterocycles. The molecule has 0 aromatic heterocycles. The summed E-state index contributed by atoms with van der Waals surface area (Å²) in [5.74, 6) is 0.957. The van der Waals surface area contributed by atoms with Crippen molar-refractivity contribution < 1.29 is 14.3 Å². The highest BCUT2D eigenvalue weighted by Crippen LogP contribution is 2.31. The Hall–Kier alpha value is -2.47. The van der Waals surface area contributed by atoms with Gasteiger partial charge in [0.15, 0.2) is 0 Å². The van der Waals surface area contributed by atoms with Gasteiger partial charge in [-0.1, -0.05) is 6.07 Å². The zero-order chi connectivity index (χ0) is 19.2. The van der Waals surface area contributed by atoms with Crippen LogP contribution in [0.2, 0.25) is 0 Å². The van der Waals surface area contributed by atoms with Crippen LogP contribution in [0.15, 0.2) is 53.4 Å². The minimum atomic E-state index is -0.272. The fourth-order valence-electron chi connectivity index (χ4n) is 2.54. The molecular formula is C21H24N2O3S. The second-order valence-corrected chi connectivity index (χ2v) is 7.91. The van der Waals surface area contributed by atoms with Crippen LogP contribution in [0, 0.1) is 5.92 Å². The fraction of sp³-hybridized carbons (Fsp3) is 0.333. The Kier molecular flexibility index (Phi) is 6.40. The average molecular weight is 385 g/mol. The highest BCUT2D eigenvalue weighted by atomic mass is 32.2. The summed E-state index contributed by atoms with van der Waals surface area (Å²) >= 11 is 1.46. The van der Waals surface area contributed by atoms with E-state index in [-0.39, 0.29) is 23.0 Å². The first kappa shape index (κ1) is 19.3. The molecule has 0 saturated heterocycles. The van der Waals surface area contributed by atoms with E-state index in [1.165, 1.54) is 11.8 Å². The van der Waals surface area contributed by atoms with E-state index in [0.717, 1.165) is 34.9 Å². The topological polar surface area (TPSA) is 67.4 Å². The molecule has 6 heteroatoms. The maximum atomic E-state index is 12.5. The van der Waals surface area contributed by atoms with Crippen LogP contribution in [0.25, 0.3) is 0 Å². The van der Waals surface area contributed by atoms with Crippen molar-refractivity contribution in [2.75, 3.05) is 17.2 Å². The largest absolute Gasteiger partial charge is 0.494 e. The van der Waals surface area contributed by atoms with Gasteiger partial charge in [0, 0.05) is 22.2 Å². The SMILES string of the molecule is CCOc1ccc(NC(=O)C(C)Sc2cccc(NC(=O)C3CC3)c2)cc1. The molecule has 1 aliphatic carbocycles. The maximum absolute atomic E-state index is 12.5. The van der Waals surface area contributed by atoms with Crippen LogP contribution in [0.5, 0.6) is 5.75 Å². The molecular weight excluding hydrogens is 360 g/mol. The number of nitrogens with one attached hydrogen (secondary N) is 2. The van der Waals surface area contributed by atoms with Crippen LogP contribution in [-0.2, 0) is 9.59 Å². The third-order valence-corrected chi connectivity index (χ3v) is 5.26.